The molecule has 1 aliphatic rings. The molecule has 1 aliphatic heterocycles. The highest BCUT2D eigenvalue weighted by Gasteiger charge is 2.21. The monoisotopic (exact) mass is 272 g/mol. The van der Waals surface area contributed by atoms with Crippen LogP contribution >= 0.6 is 0 Å². The van der Waals surface area contributed by atoms with Crippen molar-refractivity contribution in [1.82, 2.24) is 10.3 Å². The van der Waals surface area contributed by atoms with Crippen LogP contribution in [0.25, 0.3) is 11.1 Å². The Kier molecular flexibility index (Phi) is 4.06. The minimum atomic E-state index is 0.626. The Morgan fingerprint density at radius 2 is 2.35 bits per heavy atom. The fourth-order valence-corrected chi connectivity index (χ4v) is 3.13. The van der Waals surface area contributed by atoms with Crippen LogP contribution in [0.15, 0.2) is 22.6 Å². The van der Waals surface area contributed by atoms with Crippen molar-refractivity contribution in [3.63, 3.8) is 0 Å². The summed E-state index contributed by atoms with van der Waals surface area (Å²) in [6, 6.07) is 6.33. The van der Waals surface area contributed by atoms with Crippen LogP contribution in [0.4, 0.5) is 0 Å². The van der Waals surface area contributed by atoms with Crippen molar-refractivity contribution in [3.05, 3.63) is 29.7 Å². The van der Waals surface area contributed by atoms with Crippen molar-refractivity contribution in [3.8, 4) is 0 Å². The van der Waals surface area contributed by atoms with Crippen LogP contribution in [0.1, 0.15) is 38.1 Å². The van der Waals surface area contributed by atoms with E-state index in [2.05, 4.69) is 42.3 Å². The van der Waals surface area contributed by atoms with Crippen molar-refractivity contribution in [1.29, 1.82) is 0 Å². The van der Waals surface area contributed by atoms with Crippen molar-refractivity contribution in [2.24, 2.45) is 11.8 Å². The summed E-state index contributed by atoms with van der Waals surface area (Å²) in [5.74, 6) is 2.28. The van der Waals surface area contributed by atoms with Crippen LogP contribution in [0.3, 0.4) is 0 Å². The Bertz CT molecular complexity index is 569. The Morgan fingerprint density at radius 1 is 1.45 bits per heavy atom. The molecule has 1 aromatic carbocycles. The molecule has 3 nitrogen and oxygen atoms in total. The zero-order valence-electron chi connectivity index (χ0n) is 12.5. The maximum absolute atomic E-state index is 5.90. The smallest absolute Gasteiger partial charge is 0.195 e. The molecule has 0 spiro atoms. The van der Waals surface area contributed by atoms with Gasteiger partial charge in [0, 0.05) is 6.42 Å². The molecule has 1 saturated heterocycles. The van der Waals surface area contributed by atoms with Gasteiger partial charge in [-0.15, -0.1) is 0 Å². The quantitative estimate of drug-likeness (QED) is 0.924. The zero-order chi connectivity index (χ0) is 13.9. The molecule has 20 heavy (non-hydrogen) atoms. The minimum Gasteiger partial charge on any atom is -0.441 e. The lowest BCUT2D eigenvalue weighted by molar-refractivity contribution is 0.267. The number of rotatable bonds is 4. The summed E-state index contributed by atoms with van der Waals surface area (Å²) >= 11 is 0. The van der Waals surface area contributed by atoms with E-state index in [4.69, 9.17) is 4.42 Å². The largest absolute Gasteiger partial charge is 0.441 e. The molecule has 1 N–H and O–H groups in total. The van der Waals surface area contributed by atoms with E-state index in [1.807, 2.05) is 0 Å². The molecule has 0 aliphatic carbocycles. The van der Waals surface area contributed by atoms with Gasteiger partial charge in [-0.25, -0.2) is 4.98 Å². The molecule has 3 rings (SSSR count). The first-order chi connectivity index (χ1) is 9.76. The molecule has 1 aromatic heterocycles. The van der Waals surface area contributed by atoms with E-state index in [0.29, 0.717) is 5.92 Å². The molecule has 2 heterocycles. The van der Waals surface area contributed by atoms with Crippen molar-refractivity contribution in [2.75, 3.05) is 13.1 Å². The molecular formula is C17H24N2O. The summed E-state index contributed by atoms with van der Waals surface area (Å²) in [6.07, 6.45) is 4.61. The lowest BCUT2D eigenvalue weighted by Gasteiger charge is -2.27. The summed E-state index contributed by atoms with van der Waals surface area (Å²) in [5, 5.41) is 3.49. The van der Waals surface area contributed by atoms with Gasteiger partial charge in [0.25, 0.3) is 0 Å². The molecule has 0 saturated carbocycles. The van der Waals surface area contributed by atoms with Crippen LogP contribution in [0.5, 0.6) is 0 Å². The summed E-state index contributed by atoms with van der Waals surface area (Å²) in [7, 11) is 0. The fraction of sp³-hybridized carbons (Fsp3) is 0.588. The van der Waals surface area contributed by atoms with E-state index in [1.165, 1.54) is 24.9 Å². The van der Waals surface area contributed by atoms with Crippen molar-refractivity contribution in [2.45, 2.75) is 39.5 Å². The van der Waals surface area contributed by atoms with Crippen molar-refractivity contribution < 1.29 is 4.42 Å². The van der Waals surface area contributed by atoms with Gasteiger partial charge in [0.2, 0.25) is 0 Å². The number of hydrogen-bond donors (Lipinski definition) is 1. The number of benzene rings is 1. The molecule has 2 aromatic rings. The van der Waals surface area contributed by atoms with E-state index >= 15 is 0 Å². The first kappa shape index (κ1) is 13.6. The Hall–Kier alpha value is -1.35. The summed E-state index contributed by atoms with van der Waals surface area (Å²) in [6.45, 7) is 6.80. The molecule has 2 atom stereocenters. The Labute approximate surface area is 120 Å². The van der Waals surface area contributed by atoms with Gasteiger partial charge < -0.3 is 9.73 Å². The van der Waals surface area contributed by atoms with Gasteiger partial charge in [0.15, 0.2) is 11.5 Å². The zero-order valence-corrected chi connectivity index (χ0v) is 12.5. The predicted octanol–water partition coefficient (Wildman–Crippen LogP) is 3.57. The molecule has 1 fully saturated rings. The second kappa shape index (κ2) is 5.96. The van der Waals surface area contributed by atoms with Gasteiger partial charge in [-0.3, -0.25) is 0 Å². The number of aryl methyl sites for hydroxylation is 1. The van der Waals surface area contributed by atoms with E-state index in [-0.39, 0.29) is 0 Å². The third kappa shape index (κ3) is 2.88. The van der Waals surface area contributed by atoms with Crippen LogP contribution in [0, 0.1) is 11.8 Å². The summed E-state index contributed by atoms with van der Waals surface area (Å²) in [5.41, 5.74) is 3.25. The normalized spacial score (nSPS) is 21.2. The van der Waals surface area contributed by atoms with Gasteiger partial charge in [0.05, 0.1) is 0 Å². The number of nitrogens with zero attached hydrogens (tertiary/aromatic N) is 1. The highest BCUT2D eigenvalue weighted by atomic mass is 16.3. The number of oxazole rings is 1. The highest BCUT2D eigenvalue weighted by molar-refractivity contribution is 5.73. The number of fused-ring (bicyclic) bond motifs is 1. The van der Waals surface area contributed by atoms with Crippen LogP contribution in [-0.2, 0) is 12.8 Å². The first-order valence-corrected chi connectivity index (χ1v) is 7.85. The molecule has 0 bridgehead atoms. The van der Waals surface area contributed by atoms with E-state index < -0.39 is 0 Å². The average Bonchev–Trinajstić information content (AvgIpc) is 2.89. The molecular weight excluding hydrogens is 248 g/mol. The van der Waals surface area contributed by atoms with Gasteiger partial charge in [-0.1, -0.05) is 19.9 Å². The average molecular weight is 272 g/mol. The van der Waals surface area contributed by atoms with E-state index in [9.17, 15) is 0 Å². The SMILES string of the molecule is CCc1ccc2oc(CC(C)C3CCCNC3)nc2c1. The third-order valence-electron chi connectivity index (χ3n) is 4.54. The number of hydrogen-bond acceptors (Lipinski definition) is 3. The van der Waals surface area contributed by atoms with Crippen molar-refractivity contribution >= 4 is 11.1 Å². The molecule has 0 amide bonds. The second-order valence-corrected chi connectivity index (χ2v) is 6.05. The lowest BCUT2D eigenvalue weighted by Crippen LogP contribution is -2.33. The van der Waals surface area contributed by atoms with Crippen LogP contribution in [-0.4, -0.2) is 18.1 Å². The maximum Gasteiger partial charge on any atom is 0.195 e. The molecule has 2 unspecified atom stereocenters. The number of piperidine rings is 1. The summed E-state index contributed by atoms with van der Waals surface area (Å²) in [4.78, 5) is 4.67. The van der Waals surface area contributed by atoms with Gasteiger partial charge in [-0.05, 0) is 61.9 Å². The minimum absolute atomic E-state index is 0.626. The molecule has 108 valence electrons. The predicted molar refractivity (Wildman–Crippen MR) is 81.8 cm³/mol. The van der Waals surface area contributed by atoms with E-state index in [1.54, 1.807) is 0 Å². The number of aromatic nitrogens is 1. The third-order valence-corrected chi connectivity index (χ3v) is 4.54. The highest BCUT2D eigenvalue weighted by Crippen LogP contribution is 2.25. The number of nitrogens with one attached hydrogen (secondary N) is 1. The second-order valence-electron chi connectivity index (χ2n) is 6.05. The maximum atomic E-state index is 5.90. The van der Waals surface area contributed by atoms with Gasteiger partial charge in [0.1, 0.15) is 5.52 Å². The van der Waals surface area contributed by atoms with Crippen LogP contribution < -0.4 is 5.32 Å². The standard InChI is InChI=1S/C17H24N2O/c1-3-13-6-7-16-15(10-13)19-17(20-16)9-12(2)14-5-4-8-18-11-14/h6-7,10,12,14,18H,3-5,8-9,11H2,1-2H3. The lowest BCUT2D eigenvalue weighted by atomic mass is 9.85. The summed E-state index contributed by atoms with van der Waals surface area (Å²) < 4.78 is 5.90. The van der Waals surface area contributed by atoms with Gasteiger partial charge >= 0.3 is 0 Å². The van der Waals surface area contributed by atoms with Crippen LogP contribution in [0.2, 0.25) is 0 Å². The van der Waals surface area contributed by atoms with Gasteiger partial charge in [-0.2, -0.15) is 0 Å². The Morgan fingerprint density at radius 3 is 3.10 bits per heavy atom. The first-order valence-electron chi connectivity index (χ1n) is 7.85. The topological polar surface area (TPSA) is 38.1 Å². The molecule has 3 heteroatoms. The molecule has 0 radical (unpaired) electrons. The fourth-order valence-electron chi connectivity index (χ4n) is 3.13. The van der Waals surface area contributed by atoms with E-state index in [0.717, 1.165) is 42.3 Å². The Balaban J connectivity index is 1.73.